The normalized spacial score (nSPS) is 13.3. The third kappa shape index (κ3) is 4.63. The molecule has 0 saturated heterocycles. The van der Waals surface area contributed by atoms with E-state index in [9.17, 15) is 9.18 Å². The van der Waals surface area contributed by atoms with Crippen LogP contribution in [0.5, 0.6) is 11.6 Å². The third-order valence-electron chi connectivity index (χ3n) is 5.57. The molecule has 0 bridgehead atoms. The lowest BCUT2D eigenvalue weighted by molar-refractivity contribution is -0.132. The molecule has 31 heavy (non-hydrogen) atoms. The second-order valence-corrected chi connectivity index (χ2v) is 8.00. The van der Waals surface area contributed by atoms with Crippen LogP contribution in [-0.2, 0) is 17.8 Å². The van der Waals surface area contributed by atoms with Crippen LogP contribution in [-0.4, -0.2) is 26.6 Å². The van der Waals surface area contributed by atoms with Crippen molar-refractivity contribution in [3.63, 3.8) is 0 Å². The van der Waals surface area contributed by atoms with Crippen LogP contribution >= 0.6 is 0 Å². The monoisotopic (exact) mass is 421 g/mol. The number of aromatic nitrogens is 2. The van der Waals surface area contributed by atoms with Crippen LogP contribution in [0.3, 0.4) is 0 Å². The Labute approximate surface area is 182 Å². The van der Waals surface area contributed by atoms with Gasteiger partial charge in [-0.3, -0.25) is 4.79 Å². The zero-order valence-electron chi connectivity index (χ0n) is 18.3. The largest absolute Gasteiger partial charge is 0.439 e. The molecule has 1 heterocycles. The van der Waals surface area contributed by atoms with Gasteiger partial charge in [0.2, 0.25) is 11.8 Å². The maximum absolute atomic E-state index is 13.5. The van der Waals surface area contributed by atoms with Crippen LogP contribution in [0.25, 0.3) is 5.69 Å². The summed E-state index contributed by atoms with van der Waals surface area (Å²) in [5.74, 6) is 1.11. The van der Waals surface area contributed by atoms with Crippen molar-refractivity contribution in [2.45, 2.75) is 59.0 Å². The first-order valence-corrected chi connectivity index (χ1v) is 10.9. The molecule has 0 aliphatic heterocycles. The molecule has 3 aromatic rings. The van der Waals surface area contributed by atoms with E-state index in [4.69, 9.17) is 9.84 Å². The Balaban J connectivity index is 1.81. The van der Waals surface area contributed by atoms with Gasteiger partial charge in [0.25, 0.3) is 0 Å². The molecule has 0 atom stereocenters. The van der Waals surface area contributed by atoms with Crippen LogP contribution in [0.1, 0.15) is 49.9 Å². The molecule has 1 aliphatic carbocycles. The van der Waals surface area contributed by atoms with E-state index in [1.165, 1.54) is 12.1 Å². The maximum Gasteiger partial charge on any atom is 0.227 e. The smallest absolute Gasteiger partial charge is 0.227 e. The van der Waals surface area contributed by atoms with Gasteiger partial charge in [0.15, 0.2) is 0 Å². The molecule has 1 fully saturated rings. The van der Waals surface area contributed by atoms with Crippen molar-refractivity contribution in [3.05, 3.63) is 71.2 Å². The Hall–Kier alpha value is -3.15. The summed E-state index contributed by atoms with van der Waals surface area (Å²) in [6.07, 6.45) is 3.24. The van der Waals surface area contributed by atoms with Crippen LogP contribution in [0, 0.1) is 12.7 Å². The Kier molecular flexibility index (Phi) is 6.07. The number of halogens is 1. The summed E-state index contributed by atoms with van der Waals surface area (Å²) >= 11 is 0. The molecule has 0 spiro atoms. The Morgan fingerprint density at radius 2 is 1.94 bits per heavy atom. The quantitative estimate of drug-likeness (QED) is 0.477. The van der Waals surface area contributed by atoms with Gasteiger partial charge in [-0.2, -0.15) is 5.10 Å². The van der Waals surface area contributed by atoms with E-state index < -0.39 is 0 Å². The highest BCUT2D eigenvalue weighted by molar-refractivity contribution is 5.76. The number of carbonyl (C=O) groups excluding carboxylic acids is 1. The SMILES string of the molecule is CCC(=O)N(Cc1c(CC)nn(-c2ccc(F)cc2)c1Oc1cccc(C)c1)C1CC1. The van der Waals surface area contributed by atoms with Gasteiger partial charge in [-0.15, -0.1) is 0 Å². The maximum atomic E-state index is 13.5. The number of benzene rings is 2. The van der Waals surface area contributed by atoms with Crippen molar-refractivity contribution >= 4 is 5.91 Å². The van der Waals surface area contributed by atoms with E-state index in [-0.39, 0.29) is 17.8 Å². The molecule has 6 heteroatoms. The fourth-order valence-electron chi connectivity index (χ4n) is 3.75. The van der Waals surface area contributed by atoms with Gasteiger partial charge in [-0.1, -0.05) is 26.0 Å². The summed E-state index contributed by atoms with van der Waals surface area (Å²) in [5, 5.41) is 4.80. The van der Waals surface area contributed by atoms with Crippen LogP contribution in [0.2, 0.25) is 0 Å². The molecule has 0 radical (unpaired) electrons. The van der Waals surface area contributed by atoms with Gasteiger partial charge in [-0.25, -0.2) is 9.07 Å². The lowest BCUT2D eigenvalue weighted by Gasteiger charge is -2.22. The summed E-state index contributed by atoms with van der Waals surface area (Å²) in [6, 6.07) is 14.3. The van der Waals surface area contributed by atoms with Gasteiger partial charge in [0, 0.05) is 12.5 Å². The number of hydrogen-bond donors (Lipinski definition) is 0. The topological polar surface area (TPSA) is 47.4 Å². The van der Waals surface area contributed by atoms with Gasteiger partial charge >= 0.3 is 0 Å². The third-order valence-corrected chi connectivity index (χ3v) is 5.57. The highest BCUT2D eigenvalue weighted by Crippen LogP contribution is 2.36. The minimum Gasteiger partial charge on any atom is -0.439 e. The summed E-state index contributed by atoms with van der Waals surface area (Å²) in [5.41, 5.74) is 3.58. The summed E-state index contributed by atoms with van der Waals surface area (Å²) in [7, 11) is 0. The molecule has 5 nitrogen and oxygen atoms in total. The highest BCUT2D eigenvalue weighted by Gasteiger charge is 2.34. The first-order chi connectivity index (χ1) is 15.0. The molecule has 2 aromatic carbocycles. The van der Waals surface area contributed by atoms with Crippen molar-refractivity contribution in [3.8, 4) is 17.3 Å². The molecule has 162 valence electrons. The molecule has 0 N–H and O–H groups in total. The molecule has 1 aromatic heterocycles. The molecular formula is C25H28FN3O2. The Morgan fingerprint density at radius 3 is 2.55 bits per heavy atom. The predicted molar refractivity (Wildman–Crippen MR) is 118 cm³/mol. The minimum atomic E-state index is -0.304. The van der Waals surface area contributed by atoms with E-state index >= 15 is 0 Å². The number of amides is 1. The number of carbonyl (C=O) groups is 1. The van der Waals surface area contributed by atoms with Crippen molar-refractivity contribution in [1.29, 1.82) is 0 Å². The zero-order chi connectivity index (χ0) is 22.0. The van der Waals surface area contributed by atoms with E-state index in [2.05, 4.69) is 0 Å². The molecular weight excluding hydrogens is 393 g/mol. The predicted octanol–water partition coefficient (Wildman–Crippen LogP) is 5.58. The summed E-state index contributed by atoms with van der Waals surface area (Å²) in [6.45, 7) is 6.41. The minimum absolute atomic E-state index is 0.139. The molecule has 1 saturated carbocycles. The Bertz CT molecular complexity index is 1070. The number of nitrogens with zero attached hydrogens (tertiary/aromatic N) is 3. The van der Waals surface area contributed by atoms with Crippen molar-refractivity contribution in [2.75, 3.05) is 0 Å². The van der Waals surface area contributed by atoms with E-state index in [1.807, 2.05) is 49.9 Å². The first kappa shape index (κ1) is 21.1. The van der Waals surface area contributed by atoms with Crippen molar-refractivity contribution < 1.29 is 13.9 Å². The number of hydrogen-bond acceptors (Lipinski definition) is 3. The van der Waals surface area contributed by atoms with Gasteiger partial charge in [-0.05, 0) is 68.1 Å². The molecule has 0 unspecified atom stereocenters. The lowest BCUT2D eigenvalue weighted by Crippen LogP contribution is -2.32. The van der Waals surface area contributed by atoms with E-state index in [1.54, 1.807) is 16.8 Å². The van der Waals surface area contributed by atoms with Crippen molar-refractivity contribution in [2.24, 2.45) is 0 Å². The Morgan fingerprint density at radius 1 is 1.19 bits per heavy atom. The number of rotatable bonds is 8. The highest BCUT2D eigenvalue weighted by atomic mass is 19.1. The molecule has 1 amide bonds. The summed E-state index contributed by atoms with van der Waals surface area (Å²) in [4.78, 5) is 14.6. The van der Waals surface area contributed by atoms with Gasteiger partial charge in [0.1, 0.15) is 11.6 Å². The second kappa shape index (κ2) is 8.92. The average Bonchev–Trinajstić information content (AvgIpc) is 3.55. The van der Waals surface area contributed by atoms with Gasteiger partial charge < -0.3 is 9.64 Å². The number of aryl methyl sites for hydroxylation is 2. The van der Waals surface area contributed by atoms with Crippen LogP contribution in [0.4, 0.5) is 4.39 Å². The van der Waals surface area contributed by atoms with E-state index in [0.717, 1.165) is 29.7 Å². The lowest BCUT2D eigenvalue weighted by atomic mass is 10.1. The molecule has 4 rings (SSSR count). The average molecular weight is 422 g/mol. The summed E-state index contributed by atoms with van der Waals surface area (Å²) < 4.78 is 21.6. The zero-order valence-corrected chi connectivity index (χ0v) is 18.3. The number of ether oxygens (including phenoxy) is 1. The second-order valence-electron chi connectivity index (χ2n) is 8.00. The van der Waals surface area contributed by atoms with Crippen LogP contribution < -0.4 is 4.74 Å². The van der Waals surface area contributed by atoms with Crippen molar-refractivity contribution in [1.82, 2.24) is 14.7 Å². The fourth-order valence-corrected chi connectivity index (χ4v) is 3.75. The van der Waals surface area contributed by atoms with Crippen LogP contribution in [0.15, 0.2) is 48.5 Å². The first-order valence-electron chi connectivity index (χ1n) is 10.9. The standard InChI is InChI=1S/C25H28FN3O2/c1-4-23-22(16-28(19-13-14-19)24(30)5-2)25(31-21-8-6-7-17(3)15-21)29(27-23)20-11-9-18(26)10-12-20/h6-12,15,19H,4-5,13-14,16H2,1-3H3. The molecule has 1 aliphatic rings. The fraction of sp³-hybridized carbons (Fsp3) is 0.360. The van der Waals surface area contributed by atoms with Gasteiger partial charge in [0.05, 0.1) is 23.5 Å². The van der Waals surface area contributed by atoms with E-state index in [0.29, 0.717) is 36.7 Å².